The van der Waals surface area contributed by atoms with Crippen LogP contribution in [-0.2, 0) is 16.3 Å². The van der Waals surface area contributed by atoms with Gasteiger partial charge >= 0.3 is 6.03 Å². The van der Waals surface area contributed by atoms with Crippen molar-refractivity contribution in [3.8, 4) is 0 Å². The quantitative estimate of drug-likeness (QED) is 0.913. The molecule has 1 heterocycles. The number of benzene rings is 1. The van der Waals surface area contributed by atoms with Crippen molar-refractivity contribution in [2.24, 2.45) is 0 Å². The van der Waals surface area contributed by atoms with Gasteiger partial charge in [-0.15, -0.1) is 0 Å². The second-order valence-electron chi connectivity index (χ2n) is 5.58. The normalized spacial score (nSPS) is 24.0. The molecule has 122 valence electrons. The number of halogens is 1. The highest BCUT2D eigenvalue weighted by Crippen LogP contribution is 2.19. The van der Waals surface area contributed by atoms with E-state index in [0.717, 1.165) is 5.56 Å². The van der Waals surface area contributed by atoms with E-state index in [0.29, 0.717) is 18.0 Å². The summed E-state index contributed by atoms with van der Waals surface area (Å²) in [6.45, 7) is 4.14. The van der Waals surface area contributed by atoms with Gasteiger partial charge in [-0.3, -0.25) is 0 Å². The van der Waals surface area contributed by atoms with Crippen molar-refractivity contribution in [3.63, 3.8) is 0 Å². The second-order valence-corrected chi connectivity index (χ2v) is 8.46. The number of amides is 2. The summed E-state index contributed by atoms with van der Waals surface area (Å²) in [6, 6.07) is 6.97. The van der Waals surface area contributed by atoms with Gasteiger partial charge in [-0.2, -0.15) is 0 Å². The summed E-state index contributed by atoms with van der Waals surface area (Å²) >= 11 is 6.07. The molecule has 1 aromatic rings. The lowest BCUT2D eigenvalue weighted by Crippen LogP contribution is -2.57. The number of carbonyl (C=O) groups is 1. The van der Waals surface area contributed by atoms with E-state index in [1.807, 2.05) is 24.3 Å². The maximum atomic E-state index is 12.2. The Morgan fingerprint density at radius 1 is 1.36 bits per heavy atom. The Bertz CT molecular complexity index is 648. The average Bonchev–Trinajstić information content (AvgIpc) is 2.47. The van der Waals surface area contributed by atoms with Crippen LogP contribution in [0.2, 0.25) is 5.02 Å². The van der Waals surface area contributed by atoms with E-state index < -0.39 is 15.1 Å². The van der Waals surface area contributed by atoms with E-state index in [1.165, 1.54) is 0 Å². The van der Waals surface area contributed by atoms with Crippen molar-refractivity contribution >= 4 is 27.5 Å². The third kappa shape index (κ3) is 3.73. The summed E-state index contributed by atoms with van der Waals surface area (Å²) in [7, 11) is -3.09. The molecule has 2 rings (SSSR count). The largest absolute Gasteiger partial charge is 0.338 e. The monoisotopic (exact) mass is 344 g/mol. The molecule has 2 atom stereocenters. The van der Waals surface area contributed by atoms with Crippen LogP contribution >= 0.6 is 11.6 Å². The van der Waals surface area contributed by atoms with Gasteiger partial charge in [-0.1, -0.05) is 29.8 Å². The molecule has 0 radical (unpaired) electrons. The Balaban J connectivity index is 1.89. The molecule has 0 spiro atoms. The van der Waals surface area contributed by atoms with Crippen LogP contribution in [0.25, 0.3) is 0 Å². The van der Waals surface area contributed by atoms with Gasteiger partial charge in [0.05, 0.1) is 11.0 Å². The fourth-order valence-electron chi connectivity index (χ4n) is 2.56. The lowest BCUT2D eigenvalue weighted by molar-refractivity contribution is 0.178. The summed E-state index contributed by atoms with van der Waals surface area (Å²) in [6.07, 6.45) is 0.640. The number of nitrogens with one attached hydrogen (secondary N) is 1. The SMILES string of the molecule is C[C@@H]1[C@@H](C)S(=O)(=O)CCN1C(=O)NCCc1ccccc1Cl. The number of hydrogen-bond acceptors (Lipinski definition) is 3. The van der Waals surface area contributed by atoms with E-state index in [1.54, 1.807) is 18.7 Å². The summed E-state index contributed by atoms with van der Waals surface area (Å²) in [5.41, 5.74) is 0.979. The minimum absolute atomic E-state index is 0.0242. The summed E-state index contributed by atoms with van der Waals surface area (Å²) in [4.78, 5) is 13.8. The van der Waals surface area contributed by atoms with Gasteiger partial charge in [0, 0.05) is 24.2 Å². The van der Waals surface area contributed by atoms with Crippen LogP contribution in [-0.4, -0.2) is 49.5 Å². The van der Waals surface area contributed by atoms with Gasteiger partial charge in [0.15, 0.2) is 9.84 Å². The average molecular weight is 345 g/mol. The van der Waals surface area contributed by atoms with Gasteiger partial charge in [-0.25, -0.2) is 13.2 Å². The molecule has 1 fully saturated rings. The van der Waals surface area contributed by atoms with Gasteiger partial charge in [-0.05, 0) is 31.9 Å². The van der Waals surface area contributed by atoms with Crippen molar-refractivity contribution in [1.82, 2.24) is 10.2 Å². The van der Waals surface area contributed by atoms with E-state index in [9.17, 15) is 13.2 Å². The van der Waals surface area contributed by atoms with Crippen molar-refractivity contribution in [3.05, 3.63) is 34.9 Å². The van der Waals surface area contributed by atoms with Crippen LogP contribution in [0.4, 0.5) is 4.79 Å². The Morgan fingerprint density at radius 3 is 2.73 bits per heavy atom. The minimum atomic E-state index is -3.09. The topological polar surface area (TPSA) is 66.5 Å². The summed E-state index contributed by atoms with van der Waals surface area (Å²) in [5.74, 6) is 0.0242. The highest BCUT2D eigenvalue weighted by Gasteiger charge is 2.37. The van der Waals surface area contributed by atoms with Crippen LogP contribution in [0, 0.1) is 0 Å². The van der Waals surface area contributed by atoms with Crippen LogP contribution in [0.1, 0.15) is 19.4 Å². The number of urea groups is 1. The Kier molecular flexibility index (Phi) is 5.34. The number of carbonyl (C=O) groups excluding carboxylic acids is 1. The molecule has 1 aliphatic rings. The van der Waals surface area contributed by atoms with E-state index in [4.69, 9.17) is 11.6 Å². The zero-order valence-electron chi connectivity index (χ0n) is 12.8. The second kappa shape index (κ2) is 6.87. The number of nitrogens with zero attached hydrogens (tertiary/aromatic N) is 1. The molecule has 1 aromatic carbocycles. The number of rotatable bonds is 3. The van der Waals surface area contributed by atoms with E-state index >= 15 is 0 Å². The van der Waals surface area contributed by atoms with Crippen molar-refractivity contribution < 1.29 is 13.2 Å². The first kappa shape index (κ1) is 17.1. The zero-order valence-corrected chi connectivity index (χ0v) is 14.3. The van der Waals surface area contributed by atoms with Crippen LogP contribution in [0.3, 0.4) is 0 Å². The maximum absolute atomic E-state index is 12.2. The first-order valence-electron chi connectivity index (χ1n) is 7.32. The van der Waals surface area contributed by atoms with Crippen molar-refractivity contribution in [2.75, 3.05) is 18.8 Å². The maximum Gasteiger partial charge on any atom is 0.317 e. The molecule has 1 aliphatic heterocycles. The highest BCUT2D eigenvalue weighted by atomic mass is 35.5. The molecule has 0 aromatic heterocycles. The van der Waals surface area contributed by atoms with Crippen LogP contribution in [0.5, 0.6) is 0 Å². The molecular formula is C15H21ClN2O3S. The van der Waals surface area contributed by atoms with E-state index in [-0.39, 0.29) is 24.4 Å². The van der Waals surface area contributed by atoms with Gasteiger partial charge in [0.25, 0.3) is 0 Å². The molecule has 0 aliphatic carbocycles. The number of sulfone groups is 1. The molecule has 0 bridgehead atoms. The molecule has 0 saturated carbocycles. The molecule has 5 nitrogen and oxygen atoms in total. The number of hydrogen-bond donors (Lipinski definition) is 1. The van der Waals surface area contributed by atoms with E-state index in [2.05, 4.69) is 5.32 Å². The fraction of sp³-hybridized carbons (Fsp3) is 0.533. The third-order valence-electron chi connectivity index (χ3n) is 4.24. The molecule has 1 N–H and O–H groups in total. The fourth-order valence-corrected chi connectivity index (χ4v) is 4.36. The molecule has 1 saturated heterocycles. The Labute approximate surface area is 136 Å². The molecule has 7 heteroatoms. The minimum Gasteiger partial charge on any atom is -0.338 e. The van der Waals surface area contributed by atoms with Crippen molar-refractivity contribution in [1.29, 1.82) is 0 Å². The predicted molar refractivity (Wildman–Crippen MR) is 88.0 cm³/mol. The van der Waals surface area contributed by atoms with Gasteiger partial charge in [0.2, 0.25) is 0 Å². The van der Waals surface area contributed by atoms with Crippen LogP contribution < -0.4 is 5.32 Å². The summed E-state index contributed by atoms with van der Waals surface area (Å²) in [5, 5.41) is 2.99. The molecule has 0 unspecified atom stereocenters. The molecule has 22 heavy (non-hydrogen) atoms. The zero-order chi connectivity index (χ0) is 16.3. The van der Waals surface area contributed by atoms with Gasteiger partial charge in [0.1, 0.15) is 0 Å². The Morgan fingerprint density at radius 2 is 2.05 bits per heavy atom. The molecule has 2 amide bonds. The predicted octanol–water partition coefficient (Wildman–Crippen LogP) is 2.10. The summed E-state index contributed by atoms with van der Waals surface area (Å²) < 4.78 is 23.6. The lowest BCUT2D eigenvalue weighted by Gasteiger charge is -2.37. The molecular weight excluding hydrogens is 324 g/mol. The Hall–Kier alpha value is -1.27. The lowest BCUT2D eigenvalue weighted by atomic mass is 10.1. The van der Waals surface area contributed by atoms with Crippen molar-refractivity contribution in [2.45, 2.75) is 31.6 Å². The third-order valence-corrected chi connectivity index (χ3v) is 6.89. The standard InChI is InChI=1S/C15H21ClN2O3S/c1-11-12(2)22(20,21)10-9-18(11)15(19)17-8-7-13-5-3-4-6-14(13)16/h3-6,11-12H,7-10H2,1-2H3,(H,17,19)/t11-,12-/m1/s1. The smallest absolute Gasteiger partial charge is 0.317 e. The first-order chi connectivity index (χ1) is 10.3. The van der Waals surface area contributed by atoms with Crippen LogP contribution in [0.15, 0.2) is 24.3 Å². The first-order valence-corrected chi connectivity index (χ1v) is 9.41. The highest BCUT2D eigenvalue weighted by molar-refractivity contribution is 7.92. The van der Waals surface area contributed by atoms with Gasteiger partial charge < -0.3 is 10.2 Å².